The van der Waals surface area contributed by atoms with Crippen LogP contribution in [-0.4, -0.2) is 69.1 Å². The molecule has 3 radical (unpaired) electrons. The molecule has 0 spiro atoms. The van der Waals surface area contributed by atoms with Crippen molar-refractivity contribution in [3.8, 4) is 78.7 Å². The third-order valence-electron chi connectivity index (χ3n) is 20.8. The molecule has 0 aliphatic rings. The van der Waals surface area contributed by atoms with Crippen LogP contribution in [-0.2, 0) is 66.7 Å². The average Bonchev–Trinajstić information content (AvgIpc) is 1.60. The van der Waals surface area contributed by atoms with Crippen LogP contribution in [0.15, 0.2) is 348 Å². The number of rotatable bonds is 13. The van der Waals surface area contributed by atoms with Crippen molar-refractivity contribution in [2.75, 3.05) is 0 Å². The molecule has 8 aromatic carbocycles. The van der Waals surface area contributed by atoms with E-state index in [9.17, 15) is 0 Å². The Morgan fingerprint density at radius 1 is 0.315 bits per heavy atom. The van der Waals surface area contributed by atoms with E-state index in [1.807, 2.05) is 207 Å². The minimum atomic E-state index is -1.77. The summed E-state index contributed by atoms with van der Waals surface area (Å²) in [6, 6.07) is 114. The molecular weight excluding hydrogens is 2110 g/mol. The molecule has 0 unspecified atom stereocenters. The van der Waals surface area contributed by atoms with Crippen LogP contribution in [0, 0.1) is 49.2 Å². The number of fused-ring (bicyclic) bond motifs is 9. The molecule has 20 aromatic rings. The monoisotopic (exact) mass is 2200 g/mol. The topological polar surface area (TPSA) is 155 Å². The van der Waals surface area contributed by atoms with Crippen LogP contribution in [0.2, 0.25) is 52.4 Å². The summed E-state index contributed by atoms with van der Waals surface area (Å²) in [7, 11) is -4.80. The van der Waals surface area contributed by atoms with E-state index >= 15 is 0 Å². The zero-order chi connectivity index (χ0) is 83.9. The van der Waals surface area contributed by atoms with Gasteiger partial charge in [0.2, 0.25) is 17.1 Å². The summed E-state index contributed by atoms with van der Waals surface area (Å²) in [6.45, 7) is 25.4. The molecule has 0 amide bonds. The molecule has 18 heteroatoms. The molecule has 0 atom stereocenters. The molecule has 0 bridgehead atoms. The van der Waals surface area contributed by atoms with Gasteiger partial charge in [-0.05, 0) is 135 Å². The number of hydrogen-bond donors (Lipinski definition) is 0. The Hall–Kier alpha value is -11.9. The fourth-order valence-corrected chi connectivity index (χ4v) is 19.9. The van der Waals surface area contributed by atoms with Crippen LogP contribution < -0.4 is 20.7 Å². The minimum Gasteiger partial charge on any atom is -0.486 e. The first-order valence-electron chi connectivity index (χ1n) is 40.6. The molecule has 0 fully saturated rings. The van der Waals surface area contributed by atoms with Gasteiger partial charge in [0.05, 0.1) is 32.9 Å². The number of benzene rings is 8. The standard InChI is InChI=1S/C26H23N2OSi.C24H19N2OSi.C23H25N2OSi.3C11H8N.3Ir/c1-17-13-14-20-19-11-8-12-21(25(19)29-26(20)28-17)23-15-22(18-9-6-5-7-10-18)24(16-27-23)30(2,3)4;1-28(2,17-8-4-3-5-9-17)18-13-14-22(26-16-18)21-11-6-10-19-20-12-7-15-25-24(20)27-23(19)21;1-15(2)12-16-13-20(25-14-21(16)27(3,4)5)19-9-6-8-17-18-10-7-11-24-23(18)26-22(17)19;3*1-2-6-10(7-3-1)11-8-4-5-9-12-11;;;/h5-11,13-16H,1-4H3;3-10,12-16H,1-2H3;6-8,10-11,13-15H,12H2,1-5H3;3*1-6,8-9H;;;/q6*-1;;;. The fourth-order valence-electron chi connectivity index (χ4n) is 14.6. The molecule has 12 nitrogen and oxygen atoms in total. The van der Waals surface area contributed by atoms with Gasteiger partial charge >= 0.3 is 0 Å². The van der Waals surface area contributed by atoms with Crippen LogP contribution in [0.5, 0.6) is 0 Å². The largest absolute Gasteiger partial charge is 0.486 e. The Morgan fingerprint density at radius 3 is 1.15 bits per heavy atom. The third-order valence-corrected chi connectivity index (χ3v) is 28.4. The molecule has 0 saturated carbocycles. The molecule has 12 heterocycles. The number of aromatic nitrogens is 9. The van der Waals surface area contributed by atoms with Gasteiger partial charge in [-0.25, -0.2) is 15.0 Å². The van der Waals surface area contributed by atoms with Crippen molar-refractivity contribution >= 4 is 111 Å². The van der Waals surface area contributed by atoms with E-state index in [0.29, 0.717) is 23.1 Å². The molecule has 20 rings (SSSR count). The molecule has 124 heavy (non-hydrogen) atoms. The van der Waals surface area contributed by atoms with Crippen LogP contribution in [0.25, 0.3) is 145 Å². The van der Waals surface area contributed by atoms with E-state index in [0.717, 1.165) is 129 Å². The predicted molar refractivity (Wildman–Crippen MR) is 504 cm³/mol. The van der Waals surface area contributed by atoms with E-state index in [4.69, 9.17) is 28.2 Å². The third kappa shape index (κ3) is 21.8. The first-order chi connectivity index (χ1) is 58.8. The second-order valence-electron chi connectivity index (χ2n) is 32.3. The Balaban J connectivity index is 0.000000140. The summed E-state index contributed by atoms with van der Waals surface area (Å²) in [5, 5.41) is 11.7. The van der Waals surface area contributed by atoms with Gasteiger partial charge in [-0.15, -0.1) is 162 Å². The molecule has 0 aliphatic carbocycles. The van der Waals surface area contributed by atoms with Gasteiger partial charge in [0, 0.05) is 132 Å². The van der Waals surface area contributed by atoms with E-state index < -0.39 is 24.2 Å². The summed E-state index contributed by atoms with van der Waals surface area (Å²) in [5.41, 5.74) is 20.5. The van der Waals surface area contributed by atoms with Crippen molar-refractivity contribution in [1.82, 2.24) is 44.9 Å². The van der Waals surface area contributed by atoms with E-state index in [2.05, 4.69) is 236 Å². The second-order valence-corrected chi connectivity index (χ2v) is 46.8. The van der Waals surface area contributed by atoms with Gasteiger partial charge in [-0.3, -0.25) is 0 Å². The van der Waals surface area contributed by atoms with Crippen LogP contribution >= 0.6 is 0 Å². The van der Waals surface area contributed by atoms with E-state index in [-0.39, 0.29) is 60.3 Å². The maximum atomic E-state index is 6.19. The minimum absolute atomic E-state index is 0. The smallest absolute Gasteiger partial charge is 0.216 e. The first kappa shape index (κ1) is 91.3. The van der Waals surface area contributed by atoms with Crippen molar-refractivity contribution in [2.24, 2.45) is 5.92 Å². The molecule has 623 valence electrons. The molecular formula is C106H91Ir3N9O3Si3-6. The number of hydrogen-bond acceptors (Lipinski definition) is 12. The second kappa shape index (κ2) is 42.0. The maximum absolute atomic E-state index is 6.19. The first-order valence-corrected chi connectivity index (χ1v) is 50.6. The van der Waals surface area contributed by atoms with Gasteiger partial charge in [0.25, 0.3) is 0 Å². The maximum Gasteiger partial charge on any atom is 0.216 e. The Morgan fingerprint density at radius 2 is 0.726 bits per heavy atom. The van der Waals surface area contributed by atoms with Gasteiger partial charge in [0.1, 0.15) is 8.07 Å². The van der Waals surface area contributed by atoms with E-state index in [1.54, 1.807) is 31.0 Å². The molecule has 0 saturated heterocycles. The molecule has 0 aliphatic heterocycles. The summed E-state index contributed by atoms with van der Waals surface area (Å²) in [5.74, 6) is 0.602. The van der Waals surface area contributed by atoms with Crippen LogP contribution in [0.4, 0.5) is 0 Å². The predicted octanol–water partition coefficient (Wildman–Crippen LogP) is 24.3. The number of furan rings is 3. The van der Waals surface area contributed by atoms with Gasteiger partial charge < -0.3 is 43.2 Å². The van der Waals surface area contributed by atoms with Crippen molar-refractivity contribution in [3.05, 3.63) is 382 Å². The zero-order valence-electron chi connectivity index (χ0n) is 70.8. The quantitative estimate of drug-likeness (QED) is 0.0797. The Bertz CT molecular complexity index is 6540. The van der Waals surface area contributed by atoms with Gasteiger partial charge in [-0.2, -0.15) is 0 Å². The zero-order valence-corrected chi connectivity index (χ0v) is 81.0. The van der Waals surface area contributed by atoms with Crippen molar-refractivity contribution in [1.29, 1.82) is 0 Å². The summed E-state index contributed by atoms with van der Waals surface area (Å²) in [6.07, 6.45) is 16.1. The normalized spacial score (nSPS) is 11.1. The summed E-state index contributed by atoms with van der Waals surface area (Å²) >= 11 is 0. The van der Waals surface area contributed by atoms with Gasteiger partial charge in [-0.1, -0.05) is 231 Å². The van der Waals surface area contributed by atoms with Gasteiger partial charge in [0.15, 0.2) is 0 Å². The van der Waals surface area contributed by atoms with Crippen molar-refractivity contribution in [3.63, 3.8) is 0 Å². The van der Waals surface area contributed by atoms with Crippen molar-refractivity contribution < 1.29 is 73.6 Å². The molecule has 0 N–H and O–H groups in total. The Kier molecular flexibility index (Phi) is 30.9. The SMILES string of the molecule is CC(C)Cc1cc(-c2[c-]ccc3c2oc2ncccc23)ncc1[Si](C)(C)C.C[Si](C)(c1ccccc1)c1ccc(-c2[c-]ccc3c2oc2ncccc23)nc1.Cc1ccc2c(n1)oc1c(-c3cc(-c4ccccc4)c([Si](C)(C)C)cn3)[c-]ccc12.[Ir].[Ir].[Ir].[c-]1ccccc1-c1ccccn1.[c-]1ccccc1-c1ccccn1.[c-]1ccccc1-c1ccccn1. The molecule has 12 aromatic heterocycles. The van der Waals surface area contributed by atoms with E-state index in [1.165, 1.54) is 37.4 Å². The Labute approximate surface area is 769 Å². The van der Waals surface area contributed by atoms with Crippen LogP contribution in [0.3, 0.4) is 0 Å². The average molecular weight is 2200 g/mol. The number of pyridine rings is 9. The van der Waals surface area contributed by atoms with Crippen molar-refractivity contribution in [2.45, 2.75) is 79.6 Å². The summed E-state index contributed by atoms with van der Waals surface area (Å²) < 4.78 is 18.3. The van der Waals surface area contributed by atoms with Crippen LogP contribution in [0.1, 0.15) is 25.1 Å². The number of aryl methyl sites for hydroxylation is 1. The number of nitrogens with zero attached hydrogens (tertiary/aromatic N) is 9. The fraction of sp³-hybridized carbons (Fsp3) is 0.123. The summed E-state index contributed by atoms with van der Waals surface area (Å²) in [4.78, 5) is 40.4.